The van der Waals surface area contributed by atoms with Gasteiger partial charge in [-0.1, -0.05) is 0 Å². The van der Waals surface area contributed by atoms with Gasteiger partial charge in [0.25, 0.3) is 0 Å². The van der Waals surface area contributed by atoms with E-state index in [0.717, 1.165) is 19.4 Å². The van der Waals surface area contributed by atoms with Gasteiger partial charge in [-0.05, 0) is 19.8 Å². The van der Waals surface area contributed by atoms with Gasteiger partial charge in [0, 0.05) is 42.0 Å². The van der Waals surface area contributed by atoms with E-state index >= 15 is 0 Å². The van der Waals surface area contributed by atoms with Crippen molar-refractivity contribution >= 4 is 10.8 Å². The number of nitrogens with one attached hydrogen (secondary N) is 1. The highest BCUT2D eigenvalue weighted by Crippen LogP contribution is 2.11. The molecule has 1 heterocycles. The van der Waals surface area contributed by atoms with Crippen molar-refractivity contribution in [1.29, 1.82) is 0 Å². The molecule has 0 radical (unpaired) electrons. The first-order valence-corrected chi connectivity index (χ1v) is 8.12. The van der Waals surface area contributed by atoms with Gasteiger partial charge in [-0.25, -0.2) is 0 Å². The standard InChI is InChI=1S/C12H25NO4S/c1-10(18(2)15)6-13-7-11(14)8-16-9-12-4-3-5-17-12/h10-14H,3-9H2,1-2H3. The molecule has 0 aromatic heterocycles. The minimum atomic E-state index is -0.824. The van der Waals surface area contributed by atoms with Crippen molar-refractivity contribution in [1.82, 2.24) is 5.32 Å². The Bertz CT molecular complexity index is 246. The van der Waals surface area contributed by atoms with Gasteiger partial charge in [-0.3, -0.25) is 4.21 Å². The molecule has 0 bridgehead atoms. The van der Waals surface area contributed by atoms with Crippen LogP contribution < -0.4 is 5.32 Å². The van der Waals surface area contributed by atoms with E-state index in [4.69, 9.17) is 9.47 Å². The Morgan fingerprint density at radius 1 is 1.56 bits per heavy atom. The lowest BCUT2D eigenvalue weighted by Crippen LogP contribution is -2.36. The number of hydrogen-bond acceptors (Lipinski definition) is 5. The topological polar surface area (TPSA) is 67.8 Å². The lowest BCUT2D eigenvalue weighted by atomic mass is 10.2. The molecule has 0 amide bonds. The van der Waals surface area contributed by atoms with Crippen LogP contribution in [0.5, 0.6) is 0 Å². The average molecular weight is 279 g/mol. The highest BCUT2D eigenvalue weighted by atomic mass is 32.2. The van der Waals surface area contributed by atoms with Crippen molar-refractivity contribution in [2.24, 2.45) is 0 Å². The van der Waals surface area contributed by atoms with Gasteiger partial charge in [0.2, 0.25) is 0 Å². The Kier molecular flexibility index (Phi) is 8.01. The van der Waals surface area contributed by atoms with Gasteiger partial charge < -0.3 is 19.9 Å². The fraction of sp³-hybridized carbons (Fsp3) is 1.00. The van der Waals surface area contributed by atoms with E-state index in [0.29, 0.717) is 26.3 Å². The van der Waals surface area contributed by atoms with Crippen molar-refractivity contribution < 1.29 is 18.8 Å². The number of hydrogen-bond donors (Lipinski definition) is 2. The molecule has 2 N–H and O–H groups in total. The predicted molar refractivity (Wildman–Crippen MR) is 72.2 cm³/mol. The zero-order valence-electron chi connectivity index (χ0n) is 11.3. The highest BCUT2D eigenvalue weighted by Gasteiger charge is 2.16. The van der Waals surface area contributed by atoms with Gasteiger partial charge in [-0.2, -0.15) is 0 Å². The Morgan fingerprint density at radius 3 is 2.94 bits per heavy atom. The van der Waals surface area contributed by atoms with Gasteiger partial charge in [0.05, 0.1) is 25.4 Å². The van der Waals surface area contributed by atoms with Crippen molar-refractivity contribution in [2.45, 2.75) is 37.2 Å². The number of rotatable bonds is 9. The Morgan fingerprint density at radius 2 is 2.33 bits per heavy atom. The Balaban J connectivity index is 1.96. The Hall–Kier alpha value is -0.0100. The molecule has 18 heavy (non-hydrogen) atoms. The summed E-state index contributed by atoms with van der Waals surface area (Å²) < 4.78 is 21.9. The minimum Gasteiger partial charge on any atom is -0.389 e. The normalized spacial score (nSPS) is 24.9. The summed E-state index contributed by atoms with van der Waals surface area (Å²) in [6.07, 6.45) is 3.52. The summed E-state index contributed by atoms with van der Waals surface area (Å²) in [5, 5.41) is 12.9. The van der Waals surface area contributed by atoms with E-state index < -0.39 is 16.9 Å². The fourth-order valence-electron chi connectivity index (χ4n) is 1.74. The van der Waals surface area contributed by atoms with Crippen LogP contribution in [0.25, 0.3) is 0 Å². The summed E-state index contributed by atoms with van der Waals surface area (Å²) >= 11 is 0. The van der Waals surface area contributed by atoms with Crippen LogP contribution in [0.15, 0.2) is 0 Å². The molecule has 0 saturated carbocycles. The fourth-order valence-corrected chi connectivity index (χ4v) is 2.09. The third-order valence-corrected chi connectivity index (χ3v) is 4.32. The van der Waals surface area contributed by atoms with Crippen molar-refractivity contribution in [2.75, 3.05) is 39.2 Å². The molecule has 4 unspecified atom stereocenters. The quantitative estimate of drug-likeness (QED) is 0.617. The summed E-state index contributed by atoms with van der Waals surface area (Å²) in [6.45, 7) is 4.73. The van der Waals surface area contributed by atoms with Crippen LogP contribution in [0.1, 0.15) is 19.8 Å². The van der Waals surface area contributed by atoms with Crippen LogP contribution in [-0.2, 0) is 20.3 Å². The van der Waals surface area contributed by atoms with Crippen molar-refractivity contribution in [3.8, 4) is 0 Å². The van der Waals surface area contributed by atoms with Crippen LogP contribution >= 0.6 is 0 Å². The minimum absolute atomic E-state index is 0.102. The molecule has 0 aromatic carbocycles. The zero-order valence-corrected chi connectivity index (χ0v) is 12.1. The van der Waals surface area contributed by atoms with Gasteiger partial charge in [0.15, 0.2) is 0 Å². The maximum Gasteiger partial charge on any atom is 0.0897 e. The first-order valence-electron chi connectivity index (χ1n) is 6.50. The van der Waals surface area contributed by atoms with Gasteiger partial charge >= 0.3 is 0 Å². The molecule has 5 nitrogen and oxygen atoms in total. The van der Waals surface area contributed by atoms with Crippen LogP contribution in [0.2, 0.25) is 0 Å². The van der Waals surface area contributed by atoms with Gasteiger partial charge in [0.1, 0.15) is 0 Å². The smallest absolute Gasteiger partial charge is 0.0897 e. The number of aliphatic hydroxyl groups excluding tert-OH is 1. The number of aliphatic hydroxyl groups is 1. The molecule has 0 aliphatic carbocycles. The third-order valence-electron chi connectivity index (χ3n) is 3.02. The summed E-state index contributed by atoms with van der Waals surface area (Å²) in [5.41, 5.74) is 0. The SMILES string of the molecule is CC(CNCC(O)COCC1CCCO1)S(C)=O. The molecule has 0 spiro atoms. The second kappa shape index (κ2) is 8.98. The largest absolute Gasteiger partial charge is 0.389 e. The molecule has 108 valence electrons. The maximum absolute atomic E-state index is 11.1. The molecule has 1 aliphatic rings. The molecule has 6 heteroatoms. The van der Waals surface area contributed by atoms with E-state index in [1.165, 1.54) is 0 Å². The Labute approximate surface area is 112 Å². The van der Waals surface area contributed by atoms with Crippen LogP contribution in [0, 0.1) is 0 Å². The van der Waals surface area contributed by atoms with E-state index in [9.17, 15) is 9.32 Å². The van der Waals surface area contributed by atoms with E-state index in [-0.39, 0.29) is 11.4 Å². The van der Waals surface area contributed by atoms with Crippen LogP contribution in [0.4, 0.5) is 0 Å². The van der Waals surface area contributed by atoms with E-state index in [1.54, 1.807) is 6.26 Å². The lowest BCUT2D eigenvalue weighted by Gasteiger charge is -2.15. The zero-order chi connectivity index (χ0) is 13.4. The summed E-state index contributed by atoms with van der Waals surface area (Å²) in [5.74, 6) is 0. The molecule has 0 aromatic rings. The molecule has 1 fully saturated rings. The van der Waals surface area contributed by atoms with Crippen molar-refractivity contribution in [3.63, 3.8) is 0 Å². The molecule has 1 saturated heterocycles. The highest BCUT2D eigenvalue weighted by molar-refractivity contribution is 7.84. The maximum atomic E-state index is 11.1. The number of ether oxygens (including phenoxy) is 2. The first kappa shape index (κ1) is 16.0. The van der Waals surface area contributed by atoms with Crippen molar-refractivity contribution in [3.05, 3.63) is 0 Å². The summed E-state index contributed by atoms with van der Waals surface area (Å²) in [6, 6.07) is 0. The van der Waals surface area contributed by atoms with Crippen LogP contribution in [0.3, 0.4) is 0 Å². The van der Waals surface area contributed by atoms with Crippen LogP contribution in [-0.4, -0.2) is 65.9 Å². The molecule has 1 rings (SSSR count). The monoisotopic (exact) mass is 279 g/mol. The first-order chi connectivity index (χ1) is 8.59. The van der Waals surface area contributed by atoms with E-state index in [1.807, 2.05) is 6.92 Å². The molecule has 1 aliphatic heterocycles. The molecule has 4 atom stereocenters. The second-order valence-corrected chi connectivity index (χ2v) is 6.60. The predicted octanol–water partition coefficient (Wildman–Crippen LogP) is -0.100. The second-order valence-electron chi connectivity index (χ2n) is 4.79. The van der Waals surface area contributed by atoms with Gasteiger partial charge in [-0.15, -0.1) is 0 Å². The summed E-state index contributed by atoms with van der Waals surface area (Å²) in [4.78, 5) is 0. The van der Waals surface area contributed by atoms with E-state index in [2.05, 4.69) is 5.32 Å². The molecular formula is C12H25NO4S. The lowest BCUT2D eigenvalue weighted by molar-refractivity contribution is -0.0163. The average Bonchev–Trinajstić information content (AvgIpc) is 2.81. The third kappa shape index (κ3) is 6.80. The summed E-state index contributed by atoms with van der Waals surface area (Å²) in [7, 11) is -0.824. The molecular weight excluding hydrogens is 254 g/mol.